The van der Waals surface area contributed by atoms with Crippen molar-refractivity contribution in [2.24, 2.45) is 0 Å². The number of carbonyl (C=O) groups excluding carboxylic acids is 3. The Labute approximate surface area is 183 Å². The molecule has 4 heterocycles. The Morgan fingerprint density at radius 3 is 2.52 bits per heavy atom. The van der Waals surface area contributed by atoms with Crippen LogP contribution in [-0.2, 0) is 9.59 Å². The molecule has 31 heavy (non-hydrogen) atoms. The first kappa shape index (κ1) is 19.7. The number of para-hydroxylation sites is 1. The molecule has 2 amide bonds. The highest BCUT2D eigenvalue weighted by molar-refractivity contribution is 8.18. The number of imide groups is 1. The van der Waals surface area contributed by atoms with Crippen molar-refractivity contribution in [1.82, 2.24) is 15.3 Å². The Hall–Kier alpha value is -3.20. The van der Waals surface area contributed by atoms with Crippen molar-refractivity contribution in [1.29, 1.82) is 0 Å². The van der Waals surface area contributed by atoms with Crippen LogP contribution in [-0.4, -0.2) is 52.1 Å². The zero-order chi connectivity index (χ0) is 21.4. The van der Waals surface area contributed by atoms with Gasteiger partial charge in [0.25, 0.3) is 11.1 Å². The Bertz CT molecular complexity index is 1080. The first-order chi connectivity index (χ1) is 15.0. The summed E-state index contributed by atoms with van der Waals surface area (Å²) in [5, 5.41) is 1.86. The summed E-state index contributed by atoms with van der Waals surface area (Å²) in [7, 11) is 0. The predicted octanol–water partition coefficient (Wildman–Crippen LogP) is 2.62. The molecule has 0 atom stereocenters. The monoisotopic (exact) mass is 435 g/mol. The maximum absolute atomic E-state index is 12.9. The number of carbonyl (C=O) groups is 3. The standard InChI is InChI=1S/C22H21N5O3S/c28-18-7-11-27(16-4-2-1-3-5-16)22(18)8-12-26(13-9-22)20-23-10-6-15(24-20)14-17-19(29)25-21(30)31-17/h1-6,10,14H,7-9,11-13H2,(H,25,29,30)/b17-14-. The number of aromatic nitrogens is 2. The molecule has 1 aromatic heterocycles. The number of amides is 2. The molecule has 3 saturated heterocycles. The van der Waals surface area contributed by atoms with Crippen LogP contribution in [0.4, 0.5) is 16.4 Å². The minimum Gasteiger partial charge on any atom is -0.358 e. The van der Waals surface area contributed by atoms with E-state index < -0.39 is 11.4 Å². The van der Waals surface area contributed by atoms with E-state index in [2.05, 4.69) is 37.2 Å². The van der Waals surface area contributed by atoms with Gasteiger partial charge in [0.1, 0.15) is 5.54 Å². The molecule has 0 saturated carbocycles. The molecule has 1 N–H and O–H groups in total. The molecule has 9 heteroatoms. The topological polar surface area (TPSA) is 95.5 Å². The van der Waals surface area contributed by atoms with E-state index in [0.29, 0.717) is 54.7 Å². The zero-order valence-corrected chi connectivity index (χ0v) is 17.6. The summed E-state index contributed by atoms with van der Waals surface area (Å²) in [5.74, 6) is 0.468. The second-order valence-corrected chi connectivity index (χ2v) is 8.83. The molecule has 8 nitrogen and oxygen atoms in total. The van der Waals surface area contributed by atoms with Crippen molar-refractivity contribution >= 4 is 46.4 Å². The zero-order valence-electron chi connectivity index (χ0n) is 16.8. The molecule has 3 aliphatic heterocycles. The minimum atomic E-state index is -0.462. The van der Waals surface area contributed by atoms with Gasteiger partial charge in [-0.15, -0.1) is 0 Å². The Balaban J connectivity index is 1.34. The van der Waals surface area contributed by atoms with Gasteiger partial charge in [0, 0.05) is 37.9 Å². The van der Waals surface area contributed by atoms with Crippen LogP contribution in [0.3, 0.4) is 0 Å². The second-order valence-electron chi connectivity index (χ2n) is 7.81. The number of nitrogens with one attached hydrogen (secondary N) is 1. The van der Waals surface area contributed by atoms with Crippen molar-refractivity contribution in [3.8, 4) is 0 Å². The lowest BCUT2D eigenvalue weighted by atomic mass is 9.83. The molecule has 0 radical (unpaired) electrons. The number of Topliss-reactive ketones (excluding diaryl/α,β-unsaturated/α-hetero) is 1. The lowest BCUT2D eigenvalue weighted by Crippen LogP contribution is -2.56. The van der Waals surface area contributed by atoms with E-state index in [1.165, 1.54) is 0 Å². The van der Waals surface area contributed by atoms with Crippen molar-refractivity contribution < 1.29 is 14.4 Å². The average Bonchev–Trinajstić information content (AvgIpc) is 3.27. The van der Waals surface area contributed by atoms with Gasteiger partial charge in [-0.1, -0.05) is 18.2 Å². The lowest BCUT2D eigenvalue weighted by Gasteiger charge is -2.44. The Morgan fingerprint density at radius 2 is 1.81 bits per heavy atom. The summed E-state index contributed by atoms with van der Waals surface area (Å²) in [6.45, 7) is 2.09. The molecular formula is C22H21N5O3S. The van der Waals surface area contributed by atoms with Gasteiger partial charge in [0.05, 0.1) is 10.6 Å². The molecule has 0 unspecified atom stereocenters. The summed E-state index contributed by atoms with van der Waals surface area (Å²) in [5.41, 5.74) is 1.20. The fraction of sp³-hybridized carbons (Fsp3) is 0.318. The van der Waals surface area contributed by atoms with Crippen molar-refractivity contribution in [3.63, 3.8) is 0 Å². The maximum atomic E-state index is 12.9. The van der Waals surface area contributed by atoms with Gasteiger partial charge in [-0.25, -0.2) is 9.97 Å². The molecule has 2 aromatic rings. The molecule has 3 fully saturated rings. The summed E-state index contributed by atoms with van der Waals surface area (Å²) in [6.07, 6.45) is 5.24. The highest BCUT2D eigenvalue weighted by Gasteiger charge is 2.50. The number of hydrogen-bond donors (Lipinski definition) is 1. The van der Waals surface area contributed by atoms with Crippen LogP contribution in [0, 0.1) is 0 Å². The molecule has 0 bridgehead atoms. The summed E-state index contributed by atoms with van der Waals surface area (Å²) < 4.78 is 0. The van der Waals surface area contributed by atoms with E-state index in [0.717, 1.165) is 24.0 Å². The summed E-state index contributed by atoms with van der Waals surface area (Å²) in [6, 6.07) is 11.8. The smallest absolute Gasteiger partial charge is 0.290 e. The van der Waals surface area contributed by atoms with Crippen LogP contribution in [0.15, 0.2) is 47.5 Å². The third-order valence-electron chi connectivity index (χ3n) is 6.12. The number of anilines is 2. The highest BCUT2D eigenvalue weighted by atomic mass is 32.2. The van der Waals surface area contributed by atoms with E-state index in [1.54, 1.807) is 18.3 Å². The number of thioether (sulfide) groups is 1. The van der Waals surface area contributed by atoms with Crippen molar-refractivity contribution in [3.05, 3.63) is 53.2 Å². The minimum absolute atomic E-state index is 0.310. The van der Waals surface area contributed by atoms with Crippen LogP contribution in [0.25, 0.3) is 6.08 Å². The maximum Gasteiger partial charge on any atom is 0.290 e. The molecule has 1 aromatic carbocycles. The van der Waals surface area contributed by atoms with E-state index in [1.807, 2.05) is 18.2 Å². The molecule has 5 rings (SSSR count). The third kappa shape index (κ3) is 3.59. The van der Waals surface area contributed by atoms with Gasteiger partial charge in [0.15, 0.2) is 5.78 Å². The van der Waals surface area contributed by atoms with E-state index in [-0.39, 0.29) is 5.24 Å². The van der Waals surface area contributed by atoms with Gasteiger partial charge < -0.3 is 9.80 Å². The Morgan fingerprint density at radius 1 is 1.03 bits per heavy atom. The number of benzene rings is 1. The fourth-order valence-electron chi connectivity index (χ4n) is 4.57. The van der Waals surface area contributed by atoms with E-state index in [4.69, 9.17) is 0 Å². The van der Waals surface area contributed by atoms with E-state index in [9.17, 15) is 14.4 Å². The summed E-state index contributed by atoms with van der Waals surface area (Å²) in [4.78, 5) is 49.7. The predicted molar refractivity (Wildman–Crippen MR) is 119 cm³/mol. The normalized spacial score (nSPS) is 21.9. The molecule has 1 spiro atoms. The van der Waals surface area contributed by atoms with Crippen LogP contribution in [0.5, 0.6) is 0 Å². The number of nitrogens with zero attached hydrogens (tertiary/aromatic N) is 4. The van der Waals surface area contributed by atoms with Gasteiger partial charge in [-0.05, 0) is 48.9 Å². The third-order valence-corrected chi connectivity index (χ3v) is 6.94. The number of ketones is 1. The van der Waals surface area contributed by atoms with Crippen molar-refractivity contribution in [2.45, 2.75) is 24.8 Å². The number of piperidine rings is 1. The van der Waals surface area contributed by atoms with Gasteiger partial charge in [-0.2, -0.15) is 0 Å². The summed E-state index contributed by atoms with van der Waals surface area (Å²) >= 11 is 0.865. The SMILES string of the molecule is O=C1NC(=O)/C(=C/c2ccnc(N3CCC4(CC3)C(=O)CCN4c3ccccc3)n2)S1. The Kier molecular flexibility index (Phi) is 4.97. The highest BCUT2D eigenvalue weighted by Crippen LogP contribution is 2.39. The van der Waals surface area contributed by atoms with E-state index >= 15 is 0 Å². The van der Waals surface area contributed by atoms with Crippen LogP contribution in [0.2, 0.25) is 0 Å². The molecule has 0 aliphatic carbocycles. The van der Waals surface area contributed by atoms with Crippen LogP contribution >= 0.6 is 11.8 Å². The van der Waals surface area contributed by atoms with Gasteiger partial charge in [0.2, 0.25) is 5.95 Å². The average molecular weight is 436 g/mol. The fourth-order valence-corrected chi connectivity index (χ4v) is 5.24. The first-order valence-corrected chi connectivity index (χ1v) is 11.1. The van der Waals surface area contributed by atoms with Gasteiger partial charge in [-0.3, -0.25) is 19.7 Å². The number of hydrogen-bond acceptors (Lipinski definition) is 8. The van der Waals surface area contributed by atoms with Crippen LogP contribution < -0.4 is 15.1 Å². The van der Waals surface area contributed by atoms with Crippen LogP contribution in [0.1, 0.15) is 25.0 Å². The van der Waals surface area contributed by atoms with Gasteiger partial charge >= 0.3 is 0 Å². The number of rotatable bonds is 3. The molecule has 3 aliphatic rings. The molecule has 158 valence electrons. The largest absolute Gasteiger partial charge is 0.358 e. The van der Waals surface area contributed by atoms with Crippen molar-refractivity contribution in [2.75, 3.05) is 29.4 Å². The quantitative estimate of drug-likeness (QED) is 0.735. The molecular weight excluding hydrogens is 414 g/mol. The lowest BCUT2D eigenvalue weighted by molar-refractivity contribution is -0.122. The first-order valence-electron chi connectivity index (χ1n) is 10.2. The second kappa shape index (κ2) is 7.81.